The van der Waals surface area contributed by atoms with Crippen LogP contribution in [0.4, 0.5) is 35.5 Å². The zero-order chi connectivity index (χ0) is 17.8. The molecule has 0 unspecified atom stereocenters. The number of halogens is 7. The Labute approximate surface area is 119 Å². The summed E-state index contributed by atoms with van der Waals surface area (Å²) in [6.07, 6.45) is -7.64. The molecule has 0 fully saturated rings. The van der Waals surface area contributed by atoms with Crippen LogP contribution in [0.5, 0.6) is 0 Å². The first-order valence-electron chi connectivity index (χ1n) is 5.68. The van der Waals surface area contributed by atoms with Crippen molar-refractivity contribution in [1.29, 1.82) is 0 Å². The standard InChI is InChI=1S/C10H12F7NO4/c1-3-21-7(20)18-5(2)6(19)22-4-8(11,12)9(13,14)10(15,16)17/h5H,3-4H2,1-2H3,(H,18,20)/t5-/m0/s1. The molecule has 12 heteroatoms. The quantitative estimate of drug-likeness (QED) is 0.595. The number of hydrogen-bond acceptors (Lipinski definition) is 4. The van der Waals surface area contributed by atoms with E-state index in [1.54, 1.807) is 5.32 Å². The number of rotatable bonds is 6. The second-order valence-electron chi connectivity index (χ2n) is 3.97. The molecule has 22 heavy (non-hydrogen) atoms. The molecule has 0 aromatic heterocycles. The van der Waals surface area contributed by atoms with Crippen LogP contribution in [-0.4, -0.2) is 49.3 Å². The van der Waals surface area contributed by atoms with Gasteiger partial charge >= 0.3 is 30.1 Å². The highest BCUT2D eigenvalue weighted by atomic mass is 19.4. The normalized spacial score (nSPS) is 14.2. The monoisotopic (exact) mass is 343 g/mol. The van der Waals surface area contributed by atoms with Gasteiger partial charge in [0.15, 0.2) is 6.61 Å². The minimum absolute atomic E-state index is 0.0799. The van der Waals surface area contributed by atoms with Gasteiger partial charge in [-0.3, -0.25) is 0 Å². The fourth-order valence-corrected chi connectivity index (χ4v) is 0.993. The van der Waals surface area contributed by atoms with Gasteiger partial charge in [-0.15, -0.1) is 0 Å². The summed E-state index contributed by atoms with van der Waals surface area (Å²) >= 11 is 0. The van der Waals surface area contributed by atoms with Gasteiger partial charge in [-0.05, 0) is 13.8 Å². The van der Waals surface area contributed by atoms with Crippen LogP contribution in [0.3, 0.4) is 0 Å². The van der Waals surface area contributed by atoms with Crippen molar-refractivity contribution in [3.05, 3.63) is 0 Å². The molecule has 0 bridgehead atoms. The van der Waals surface area contributed by atoms with Crippen molar-refractivity contribution in [1.82, 2.24) is 5.32 Å². The maximum atomic E-state index is 12.8. The van der Waals surface area contributed by atoms with E-state index in [1.165, 1.54) is 6.92 Å². The van der Waals surface area contributed by atoms with E-state index >= 15 is 0 Å². The van der Waals surface area contributed by atoms with Crippen molar-refractivity contribution in [3.8, 4) is 0 Å². The smallest absolute Gasteiger partial charge is 0.457 e. The fourth-order valence-electron chi connectivity index (χ4n) is 0.993. The predicted molar refractivity (Wildman–Crippen MR) is 56.5 cm³/mol. The molecular formula is C10H12F7NO4. The Bertz CT molecular complexity index is 411. The Morgan fingerprint density at radius 1 is 1.05 bits per heavy atom. The number of hydrogen-bond donors (Lipinski definition) is 1. The highest BCUT2D eigenvalue weighted by Crippen LogP contribution is 2.46. The van der Waals surface area contributed by atoms with E-state index in [0.29, 0.717) is 0 Å². The van der Waals surface area contributed by atoms with Crippen molar-refractivity contribution in [2.24, 2.45) is 0 Å². The Hall–Kier alpha value is -1.75. The van der Waals surface area contributed by atoms with E-state index in [-0.39, 0.29) is 6.61 Å². The fraction of sp³-hybridized carbons (Fsp3) is 0.800. The summed E-state index contributed by atoms with van der Waals surface area (Å²) in [5.74, 6) is -13.7. The first-order valence-corrected chi connectivity index (χ1v) is 5.68. The van der Waals surface area contributed by atoms with Crippen LogP contribution in [0.15, 0.2) is 0 Å². The van der Waals surface area contributed by atoms with E-state index in [0.717, 1.165) is 6.92 Å². The SMILES string of the molecule is CCOC(=O)N[C@@H](C)C(=O)OCC(F)(F)C(F)(F)C(F)(F)F. The molecule has 0 aliphatic carbocycles. The van der Waals surface area contributed by atoms with Crippen molar-refractivity contribution < 1.29 is 49.8 Å². The van der Waals surface area contributed by atoms with E-state index in [9.17, 15) is 40.3 Å². The molecule has 0 rings (SSSR count). The minimum Gasteiger partial charge on any atom is -0.457 e. The number of ether oxygens (including phenoxy) is 2. The highest BCUT2D eigenvalue weighted by Gasteiger charge is 2.73. The van der Waals surface area contributed by atoms with Crippen LogP contribution in [0.2, 0.25) is 0 Å². The average molecular weight is 343 g/mol. The lowest BCUT2D eigenvalue weighted by Gasteiger charge is -2.28. The molecule has 1 amide bonds. The van der Waals surface area contributed by atoms with E-state index < -0.39 is 42.7 Å². The molecule has 0 radical (unpaired) electrons. The summed E-state index contributed by atoms with van der Waals surface area (Å²) in [7, 11) is 0. The topological polar surface area (TPSA) is 64.6 Å². The van der Waals surface area contributed by atoms with Gasteiger partial charge in [-0.25, -0.2) is 9.59 Å². The van der Waals surface area contributed by atoms with Gasteiger partial charge < -0.3 is 14.8 Å². The number of alkyl halides is 7. The number of carbonyl (C=O) groups excluding carboxylic acids is 2. The zero-order valence-corrected chi connectivity index (χ0v) is 11.3. The lowest BCUT2D eigenvalue weighted by Crippen LogP contribution is -2.55. The summed E-state index contributed by atoms with van der Waals surface area (Å²) in [4.78, 5) is 22.0. The predicted octanol–water partition coefficient (Wildman–Crippen LogP) is 2.50. The zero-order valence-electron chi connectivity index (χ0n) is 11.3. The molecular weight excluding hydrogens is 331 g/mol. The summed E-state index contributed by atoms with van der Waals surface area (Å²) in [6, 6.07) is -1.59. The summed E-state index contributed by atoms with van der Waals surface area (Å²) < 4.78 is 94.2. The molecule has 130 valence electrons. The van der Waals surface area contributed by atoms with Gasteiger partial charge in [0.2, 0.25) is 0 Å². The van der Waals surface area contributed by atoms with Crippen LogP contribution in [-0.2, 0) is 14.3 Å². The maximum Gasteiger partial charge on any atom is 0.460 e. The van der Waals surface area contributed by atoms with Crippen molar-refractivity contribution >= 4 is 12.1 Å². The van der Waals surface area contributed by atoms with Crippen LogP contribution < -0.4 is 5.32 Å². The molecule has 0 heterocycles. The van der Waals surface area contributed by atoms with Crippen LogP contribution in [0, 0.1) is 0 Å². The van der Waals surface area contributed by atoms with E-state index in [4.69, 9.17) is 0 Å². The maximum absolute atomic E-state index is 12.8. The molecule has 5 nitrogen and oxygen atoms in total. The lowest BCUT2D eigenvalue weighted by atomic mass is 10.2. The molecule has 0 saturated carbocycles. The molecule has 0 aliphatic rings. The second kappa shape index (κ2) is 7.01. The molecule has 0 aromatic carbocycles. The number of carbonyl (C=O) groups is 2. The first-order chi connectivity index (χ1) is 9.76. The lowest BCUT2D eigenvalue weighted by molar-refractivity contribution is -0.359. The molecule has 0 aromatic rings. The van der Waals surface area contributed by atoms with Gasteiger partial charge in [0.25, 0.3) is 0 Å². The summed E-state index contributed by atoms with van der Waals surface area (Å²) in [5, 5.41) is 1.80. The van der Waals surface area contributed by atoms with Gasteiger partial charge in [-0.1, -0.05) is 0 Å². The minimum atomic E-state index is -6.52. The second-order valence-corrected chi connectivity index (χ2v) is 3.97. The number of alkyl carbamates (subject to hydrolysis) is 1. The van der Waals surface area contributed by atoms with Crippen molar-refractivity contribution in [2.45, 2.75) is 37.9 Å². The largest absolute Gasteiger partial charge is 0.460 e. The Balaban J connectivity index is 4.66. The van der Waals surface area contributed by atoms with Gasteiger partial charge in [0, 0.05) is 0 Å². The number of nitrogens with one attached hydrogen (secondary N) is 1. The Morgan fingerprint density at radius 3 is 1.95 bits per heavy atom. The Morgan fingerprint density at radius 2 is 1.55 bits per heavy atom. The molecule has 0 spiro atoms. The van der Waals surface area contributed by atoms with Gasteiger partial charge in [0.05, 0.1) is 6.61 Å². The van der Waals surface area contributed by atoms with Gasteiger partial charge in [-0.2, -0.15) is 30.7 Å². The molecule has 0 saturated heterocycles. The van der Waals surface area contributed by atoms with E-state index in [1.807, 2.05) is 0 Å². The summed E-state index contributed by atoms with van der Waals surface area (Å²) in [5.41, 5.74) is 0. The van der Waals surface area contributed by atoms with Crippen molar-refractivity contribution in [3.63, 3.8) is 0 Å². The first kappa shape index (κ1) is 20.2. The third-order valence-electron chi connectivity index (χ3n) is 2.17. The molecule has 1 N–H and O–H groups in total. The number of esters is 1. The third kappa shape index (κ3) is 4.91. The van der Waals surface area contributed by atoms with Crippen molar-refractivity contribution in [2.75, 3.05) is 13.2 Å². The Kier molecular flexibility index (Phi) is 6.45. The summed E-state index contributed by atoms with van der Waals surface area (Å²) in [6.45, 7) is -0.238. The number of amides is 1. The third-order valence-corrected chi connectivity index (χ3v) is 2.17. The van der Waals surface area contributed by atoms with Gasteiger partial charge in [0.1, 0.15) is 6.04 Å². The molecule has 0 aliphatic heterocycles. The average Bonchev–Trinajstić information content (AvgIpc) is 2.34. The van der Waals surface area contributed by atoms with Crippen LogP contribution >= 0.6 is 0 Å². The van der Waals surface area contributed by atoms with Crippen LogP contribution in [0.1, 0.15) is 13.8 Å². The van der Waals surface area contributed by atoms with Crippen LogP contribution in [0.25, 0.3) is 0 Å². The van der Waals surface area contributed by atoms with E-state index in [2.05, 4.69) is 9.47 Å². The highest BCUT2D eigenvalue weighted by molar-refractivity contribution is 5.80. The molecule has 1 atom stereocenters.